The van der Waals surface area contributed by atoms with Gasteiger partial charge in [0.2, 0.25) is 0 Å². The molecule has 1 aromatic heterocycles. The number of nitrogens with zero attached hydrogens (tertiary/aromatic N) is 2. The van der Waals surface area contributed by atoms with Crippen molar-refractivity contribution in [3.8, 4) is 6.07 Å². The zero-order valence-electron chi connectivity index (χ0n) is 13.2. The van der Waals surface area contributed by atoms with Crippen LogP contribution in [-0.4, -0.2) is 64.9 Å². The maximum atomic E-state index is 11.9. The van der Waals surface area contributed by atoms with Gasteiger partial charge in [-0.15, -0.1) is 0 Å². The lowest BCUT2D eigenvalue weighted by atomic mass is 10.1. The average molecular weight is 357 g/mol. The zero-order valence-corrected chi connectivity index (χ0v) is 13.2. The Morgan fingerprint density at radius 1 is 1.36 bits per heavy atom. The Hall–Kier alpha value is -2.07. The number of ether oxygens (including phenoxy) is 4. The third-order valence-electron chi connectivity index (χ3n) is 3.49. The van der Waals surface area contributed by atoms with Crippen molar-refractivity contribution in [2.45, 2.75) is 31.0 Å². The molecule has 138 valence electrons. The van der Waals surface area contributed by atoms with Gasteiger partial charge >= 0.3 is 5.69 Å². The van der Waals surface area contributed by atoms with Gasteiger partial charge in [-0.3, -0.25) is 14.3 Å². The second-order valence-electron chi connectivity index (χ2n) is 5.14. The van der Waals surface area contributed by atoms with Gasteiger partial charge in [0.1, 0.15) is 31.9 Å². The lowest BCUT2D eigenvalue weighted by molar-refractivity contribution is -0.175. The summed E-state index contributed by atoms with van der Waals surface area (Å²) in [6.45, 7) is -0.649. The molecule has 0 bridgehead atoms. The first-order chi connectivity index (χ1) is 12.1. The Morgan fingerprint density at radius 3 is 2.84 bits per heavy atom. The first-order valence-corrected chi connectivity index (χ1v) is 7.48. The molecule has 1 fully saturated rings. The lowest BCUT2D eigenvalue weighted by Crippen LogP contribution is -2.39. The van der Waals surface area contributed by atoms with Crippen LogP contribution in [0, 0.1) is 11.3 Å². The highest BCUT2D eigenvalue weighted by Crippen LogP contribution is 2.30. The highest BCUT2D eigenvalue weighted by molar-refractivity contribution is 4.93. The second-order valence-corrected chi connectivity index (χ2v) is 5.14. The molecule has 3 N–H and O–H groups in total. The van der Waals surface area contributed by atoms with Crippen molar-refractivity contribution < 1.29 is 29.2 Å². The standard InChI is InChI=1S/C14H19N3O8/c15-3-1-5-22-7-23-8-24-12-11(20)9(6-18)25-13(12)17-4-2-10(19)16-14(17)21/h2,4,9,11-13,18,20H,1,5-8H2,(H,16,19,21)/t9-,11+,12?,13-/m1/s1. The van der Waals surface area contributed by atoms with E-state index in [1.165, 1.54) is 6.20 Å². The Bertz CT molecular complexity index is 696. The van der Waals surface area contributed by atoms with Crippen LogP contribution < -0.4 is 11.2 Å². The minimum Gasteiger partial charge on any atom is -0.394 e. The van der Waals surface area contributed by atoms with E-state index in [0.717, 1.165) is 10.6 Å². The number of nitrogens with one attached hydrogen (secondary N) is 1. The van der Waals surface area contributed by atoms with Crippen molar-refractivity contribution in [1.82, 2.24) is 9.55 Å². The summed E-state index contributed by atoms with van der Waals surface area (Å²) in [5.74, 6) is 0. The highest BCUT2D eigenvalue weighted by atomic mass is 16.7. The predicted octanol–water partition coefficient (Wildman–Crippen LogP) is -1.97. The van der Waals surface area contributed by atoms with E-state index in [9.17, 15) is 19.8 Å². The summed E-state index contributed by atoms with van der Waals surface area (Å²) in [4.78, 5) is 25.1. The molecule has 1 aromatic rings. The second kappa shape index (κ2) is 9.42. The molecule has 2 rings (SSSR count). The van der Waals surface area contributed by atoms with E-state index >= 15 is 0 Å². The van der Waals surface area contributed by atoms with Gasteiger partial charge in [-0.1, -0.05) is 0 Å². The number of hydrogen-bond donors (Lipinski definition) is 3. The maximum Gasteiger partial charge on any atom is 0.330 e. The number of aromatic amines is 1. The summed E-state index contributed by atoms with van der Waals surface area (Å²) < 4.78 is 22.0. The van der Waals surface area contributed by atoms with Crippen LogP contribution >= 0.6 is 0 Å². The monoisotopic (exact) mass is 357 g/mol. The molecule has 0 saturated carbocycles. The quantitative estimate of drug-likeness (QED) is 0.337. The number of hydrogen-bond acceptors (Lipinski definition) is 9. The molecule has 1 saturated heterocycles. The van der Waals surface area contributed by atoms with Gasteiger partial charge in [0.15, 0.2) is 6.23 Å². The van der Waals surface area contributed by atoms with Gasteiger partial charge in [-0.25, -0.2) is 4.79 Å². The van der Waals surface area contributed by atoms with Crippen LogP contribution in [0.4, 0.5) is 0 Å². The minimum absolute atomic E-state index is 0.113. The maximum absolute atomic E-state index is 11.9. The molecule has 11 nitrogen and oxygen atoms in total. The smallest absolute Gasteiger partial charge is 0.330 e. The van der Waals surface area contributed by atoms with Crippen LogP contribution in [0.3, 0.4) is 0 Å². The third kappa shape index (κ3) is 4.95. The van der Waals surface area contributed by atoms with Crippen LogP contribution in [-0.2, 0) is 18.9 Å². The molecular formula is C14H19N3O8. The van der Waals surface area contributed by atoms with Gasteiger partial charge in [0, 0.05) is 12.3 Å². The van der Waals surface area contributed by atoms with Gasteiger partial charge in [-0.2, -0.15) is 5.26 Å². The van der Waals surface area contributed by atoms with Gasteiger partial charge in [-0.05, 0) is 0 Å². The molecule has 0 aliphatic carbocycles. The van der Waals surface area contributed by atoms with E-state index in [1.54, 1.807) is 0 Å². The zero-order chi connectivity index (χ0) is 18.2. The Labute approximate surface area is 141 Å². The van der Waals surface area contributed by atoms with Crippen molar-refractivity contribution in [1.29, 1.82) is 5.26 Å². The van der Waals surface area contributed by atoms with Gasteiger partial charge in [0.05, 0.1) is 25.7 Å². The number of aromatic nitrogens is 2. The fourth-order valence-corrected chi connectivity index (χ4v) is 2.30. The normalized spacial score (nSPS) is 25.8. The SMILES string of the molecule is N#CCCOCOCOC1[C@@H](O)[C@@H](CO)O[C@H]1n1ccc(=O)[nH]c1=O. The topological polar surface area (TPSA) is 156 Å². The van der Waals surface area contributed by atoms with Crippen LogP contribution in [0.5, 0.6) is 0 Å². The van der Waals surface area contributed by atoms with E-state index in [0.29, 0.717) is 0 Å². The van der Waals surface area contributed by atoms with Crippen LogP contribution in [0.15, 0.2) is 21.9 Å². The van der Waals surface area contributed by atoms with Crippen LogP contribution in [0.25, 0.3) is 0 Å². The molecular weight excluding hydrogens is 338 g/mol. The summed E-state index contributed by atoms with van der Waals surface area (Å²) in [5.41, 5.74) is -1.31. The Morgan fingerprint density at radius 2 is 2.16 bits per heavy atom. The van der Waals surface area contributed by atoms with Crippen LogP contribution in [0.1, 0.15) is 12.6 Å². The average Bonchev–Trinajstić information content (AvgIpc) is 2.90. The van der Waals surface area contributed by atoms with Crippen LogP contribution in [0.2, 0.25) is 0 Å². The molecule has 0 spiro atoms. The van der Waals surface area contributed by atoms with Crippen molar-refractivity contribution in [2.24, 2.45) is 0 Å². The van der Waals surface area contributed by atoms with E-state index in [-0.39, 0.29) is 26.6 Å². The summed E-state index contributed by atoms with van der Waals surface area (Å²) in [6, 6.07) is 3.04. The first-order valence-electron chi connectivity index (χ1n) is 7.48. The number of nitriles is 1. The predicted molar refractivity (Wildman–Crippen MR) is 80.2 cm³/mol. The molecule has 4 atom stereocenters. The van der Waals surface area contributed by atoms with Crippen molar-refractivity contribution in [3.63, 3.8) is 0 Å². The third-order valence-corrected chi connectivity index (χ3v) is 3.49. The van der Waals surface area contributed by atoms with E-state index < -0.39 is 42.4 Å². The molecule has 11 heteroatoms. The summed E-state index contributed by atoms with van der Waals surface area (Å²) in [6.07, 6.45) is -2.80. The molecule has 0 aromatic carbocycles. The fourth-order valence-electron chi connectivity index (χ4n) is 2.30. The molecule has 1 aliphatic heterocycles. The molecule has 0 radical (unpaired) electrons. The van der Waals surface area contributed by atoms with Crippen molar-refractivity contribution >= 4 is 0 Å². The Kier molecular flexibility index (Phi) is 7.26. The van der Waals surface area contributed by atoms with Crippen molar-refractivity contribution in [3.05, 3.63) is 33.1 Å². The van der Waals surface area contributed by atoms with Gasteiger partial charge in [0.25, 0.3) is 5.56 Å². The molecule has 25 heavy (non-hydrogen) atoms. The fraction of sp³-hybridized carbons (Fsp3) is 0.643. The molecule has 0 amide bonds. The summed E-state index contributed by atoms with van der Waals surface area (Å²) >= 11 is 0. The first kappa shape index (κ1) is 19.3. The lowest BCUT2D eigenvalue weighted by Gasteiger charge is -2.22. The van der Waals surface area contributed by atoms with E-state index in [4.69, 9.17) is 24.2 Å². The van der Waals surface area contributed by atoms with Crippen molar-refractivity contribution in [2.75, 3.05) is 26.8 Å². The molecule has 1 unspecified atom stereocenters. The highest BCUT2D eigenvalue weighted by Gasteiger charge is 2.45. The minimum atomic E-state index is -1.21. The number of aliphatic hydroxyl groups excluding tert-OH is 2. The van der Waals surface area contributed by atoms with E-state index in [1.807, 2.05) is 6.07 Å². The number of aliphatic hydroxyl groups is 2. The van der Waals surface area contributed by atoms with Gasteiger partial charge < -0.3 is 29.2 Å². The number of rotatable bonds is 9. The largest absolute Gasteiger partial charge is 0.394 e. The number of H-pyrrole nitrogens is 1. The summed E-state index contributed by atoms with van der Waals surface area (Å²) in [7, 11) is 0. The Balaban J connectivity index is 1.98. The summed E-state index contributed by atoms with van der Waals surface area (Å²) in [5, 5.41) is 27.8. The molecule has 1 aliphatic rings. The molecule has 2 heterocycles. The van der Waals surface area contributed by atoms with E-state index in [2.05, 4.69) is 4.98 Å².